The number of fused-ring (bicyclic) bond motifs is 1. The standard InChI is InChI=1S/C14H13ClN4O/c1-20-14-5-3-11(6-17-14)16-7-12-9-19-8-10(15)2-4-13(19)18-12/h2-6,8-9,16H,7H2,1H3. The molecule has 0 saturated heterocycles. The van der Waals surface area contributed by atoms with Crippen LogP contribution in [0.2, 0.25) is 5.02 Å². The van der Waals surface area contributed by atoms with Crippen LogP contribution >= 0.6 is 11.6 Å². The summed E-state index contributed by atoms with van der Waals surface area (Å²) in [5.74, 6) is 0.595. The molecule has 6 heteroatoms. The van der Waals surface area contributed by atoms with Crippen LogP contribution in [0.1, 0.15) is 5.69 Å². The molecule has 0 amide bonds. The Morgan fingerprint density at radius 1 is 1.25 bits per heavy atom. The molecule has 0 unspecified atom stereocenters. The van der Waals surface area contributed by atoms with E-state index in [0.29, 0.717) is 17.4 Å². The van der Waals surface area contributed by atoms with Gasteiger partial charge in [-0.3, -0.25) is 0 Å². The van der Waals surface area contributed by atoms with Crippen molar-refractivity contribution in [3.8, 4) is 5.88 Å². The SMILES string of the molecule is COc1ccc(NCc2cn3cc(Cl)ccc3n2)cn1. The van der Waals surface area contributed by atoms with Gasteiger partial charge in [0, 0.05) is 18.5 Å². The fraction of sp³-hybridized carbons (Fsp3) is 0.143. The molecule has 1 N–H and O–H groups in total. The van der Waals surface area contributed by atoms with Crippen molar-refractivity contribution in [3.05, 3.63) is 53.6 Å². The van der Waals surface area contributed by atoms with Gasteiger partial charge in [0.05, 0.1) is 36.3 Å². The molecule has 0 atom stereocenters. The third kappa shape index (κ3) is 2.67. The third-order valence-corrected chi connectivity index (χ3v) is 3.11. The zero-order valence-electron chi connectivity index (χ0n) is 10.9. The summed E-state index contributed by atoms with van der Waals surface area (Å²) in [5, 5.41) is 3.95. The molecule has 20 heavy (non-hydrogen) atoms. The van der Waals surface area contributed by atoms with Crippen LogP contribution in [0.25, 0.3) is 5.65 Å². The van der Waals surface area contributed by atoms with Crippen molar-refractivity contribution < 1.29 is 4.74 Å². The average Bonchev–Trinajstić information content (AvgIpc) is 2.87. The van der Waals surface area contributed by atoms with Crippen LogP contribution in [0.3, 0.4) is 0 Å². The molecule has 0 fully saturated rings. The molecule has 3 rings (SSSR count). The fourth-order valence-electron chi connectivity index (χ4n) is 1.90. The molecule has 0 aliphatic carbocycles. The summed E-state index contributed by atoms with van der Waals surface area (Å²) in [7, 11) is 1.59. The van der Waals surface area contributed by atoms with Gasteiger partial charge >= 0.3 is 0 Å². The molecule has 0 aliphatic heterocycles. The molecular weight excluding hydrogens is 276 g/mol. The number of imidazole rings is 1. The number of anilines is 1. The number of nitrogens with one attached hydrogen (secondary N) is 1. The molecule has 0 bridgehead atoms. The Morgan fingerprint density at radius 3 is 2.90 bits per heavy atom. The second-order valence-corrected chi connectivity index (χ2v) is 4.72. The minimum Gasteiger partial charge on any atom is -0.481 e. The molecule has 3 aromatic heterocycles. The average molecular weight is 289 g/mol. The molecule has 3 aromatic rings. The Morgan fingerprint density at radius 2 is 2.15 bits per heavy atom. The van der Waals surface area contributed by atoms with Crippen molar-refractivity contribution in [3.63, 3.8) is 0 Å². The Labute approximate surface area is 121 Å². The molecule has 0 aliphatic rings. The minimum absolute atomic E-state index is 0.595. The number of hydrogen-bond acceptors (Lipinski definition) is 4. The van der Waals surface area contributed by atoms with Crippen molar-refractivity contribution in [2.75, 3.05) is 12.4 Å². The van der Waals surface area contributed by atoms with E-state index < -0.39 is 0 Å². The van der Waals surface area contributed by atoms with Gasteiger partial charge in [-0.05, 0) is 18.2 Å². The maximum absolute atomic E-state index is 5.95. The highest BCUT2D eigenvalue weighted by molar-refractivity contribution is 6.30. The molecule has 5 nitrogen and oxygen atoms in total. The predicted octanol–water partition coefficient (Wildman–Crippen LogP) is 3.00. The van der Waals surface area contributed by atoms with Gasteiger partial charge in [0.15, 0.2) is 0 Å². The predicted molar refractivity (Wildman–Crippen MR) is 78.3 cm³/mol. The molecule has 102 valence electrons. The fourth-order valence-corrected chi connectivity index (χ4v) is 2.07. The quantitative estimate of drug-likeness (QED) is 0.802. The number of rotatable bonds is 4. The molecule has 0 aromatic carbocycles. The van der Waals surface area contributed by atoms with Gasteiger partial charge < -0.3 is 14.5 Å². The molecule has 0 saturated carbocycles. The maximum atomic E-state index is 5.95. The first-order chi connectivity index (χ1) is 9.74. The lowest BCUT2D eigenvalue weighted by Crippen LogP contribution is -2.00. The van der Waals surface area contributed by atoms with Crippen LogP contribution in [0.15, 0.2) is 42.9 Å². The van der Waals surface area contributed by atoms with E-state index in [0.717, 1.165) is 17.0 Å². The first-order valence-corrected chi connectivity index (χ1v) is 6.49. The summed E-state index contributed by atoms with van der Waals surface area (Å²) < 4.78 is 6.92. The highest BCUT2D eigenvalue weighted by Gasteiger charge is 2.02. The van der Waals surface area contributed by atoms with Crippen LogP contribution in [-0.2, 0) is 6.54 Å². The highest BCUT2D eigenvalue weighted by atomic mass is 35.5. The summed E-state index contributed by atoms with van der Waals surface area (Å²) in [4.78, 5) is 8.64. The van der Waals surface area contributed by atoms with Gasteiger partial charge in [0.1, 0.15) is 5.65 Å². The monoisotopic (exact) mass is 288 g/mol. The van der Waals surface area contributed by atoms with E-state index in [1.54, 1.807) is 13.3 Å². The van der Waals surface area contributed by atoms with Crippen molar-refractivity contribution in [1.82, 2.24) is 14.4 Å². The largest absolute Gasteiger partial charge is 0.481 e. The van der Waals surface area contributed by atoms with E-state index >= 15 is 0 Å². The summed E-state index contributed by atoms with van der Waals surface area (Å²) in [5.41, 5.74) is 2.73. The number of methoxy groups -OCH3 is 1. The molecular formula is C14H13ClN4O. The van der Waals surface area contributed by atoms with Gasteiger partial charge in [0.2, 0.25) is 5.88 Å². The van der Waals surface area contributed by atoms with E-state index in [1.165, 1.54) is 0 Å². The minimum atomic E-state index is 0.595. The van der Waals surface area contributed by atoms with Crippen LogP contribution in [0.4, 0.5) is 5.69 Å². The van der Waals surface area contributed by atoms with Crippen LogP contribution in [0.5, 0.6) is 5.88 Å². The van der Waals surface area contributed by atoms with Gasteiger partial charge in [-0.2, -0.15) is 0 Å². The van der Waals surface area contributed by atoms with Gasteiger partial charge in [-0.1, -0.05) is 11.6 Å². The lowest BCUT2D eigenvalue weighted by molar-refractivity contribution is 0.398. The Bertz CT molecular complexity index is 724. The van der Waals surface area contributed by atoms with E-state index in [-0.39, 0.29) is 0 Å². The maximum Gasteiger partial charge on any atom is 0.213 e. The van der Waals surface area contributed by atoms with Crippen LogP contribution in [0, 0.1) is 0 Å². The normalized spacial score (nSPS) is 10.7. The Kier molecular flexibility index (Phi) is 3.43. The first-order valence-electron chi connectivity index (χ1n) is 6.11. The number of hydrogen-bond donors (Lipinski definition) is 1. The topological polar surface area (TPSA) is 51.5 Å². The zero-order chi connectivity index (χ0) is 13.9. The number of halogens is 1. The summed E-state index contributed by atoms with van der Waals surface area (Å²) >= 11 is 5.95. The third-order valence-electron chi connectivity index (χ3n) is 2.88. The Hall–Kier alpha value is -2.27. The van der Waals surface area contributed by atoms with Crippen LogP contribution < -0.4 is 10.1 Å². The lowest BCUT2D eigenvalue weighted by Gasteiger charge is -2.04. The van der Waals surface area contributed by atoms with E-state index in [9.17, 15) is 0 Å². The van der Waals surface area contributed by atoms with E-state index in [2.05, 4.69) is 15.3 Å². The summed E-state index contributed by atoms with van der Waals surface area (Å²) in [6.07, 6.45) is 5.51. The van der Waals surface area contributed by atoms with Crippen molar-refractivity contribution >= 4 is 22.9 Å². The number of nitrogens with zero attached hydrogens (tertiary/aromatic N) is 3. The second-order valence-electron chi connectivity index (χ2n) is 4.29. The number of pyridine rings is 2. The van der Waals surface area contributed by atoms with E-state index in [4.69, 9.17) is 16.3 Å². The molecule has 0 radical (unpaired) electrons. The summed E-state index contributed by atoms with van der Waals surface area (Å²) in [6, 6.07) is 7.44. The van der Waals surface area contributed by atoms with Gasteiger partial charge in [-0.25, -0.2) is 9.97 Å². The Balaban J connectivity index is 1.72. The number of ether oxygens (including phenoxy) is 1. The van der Waals surface area contributed by atoms with Crippen LogP contribution in [-0.4, -0.2) is 21.5 Å². The van der Waals surface area contributed by atoms with Crippen molar-refractivity contribution in [2.45, 2.75) is 6.54 Å². The lowest BCUT2D eigenvalue weighted by atomic mass is 10.4. The zero-order valence-corrected chi connectivity index (χ0v) is 11.6. The number of aromatic nitrogens is 3. The van der Waals surface area contributed by atoms with Crippen molar-refractivity contribution in [1.29, 1.82) is 0 Å². The highest BCUT2D eigenvalue weighted by Crippen LogP contribution is 2.14. The van der Waals surface area contributed by atoms with Gasteiger partial charge in [0.25, 0.3) is 0 Å². The second kappa shape index (κ2) is 5.38. The van der Waals surface area contributed by atoms with Gasteiger partial charge in [-0.15, -0.1) is 0 Å². The smallest absolute Gasteiger partial charge is 0.213 e. The molecule has 0 spiro atoms. The first kappa shape index (κ1) is 12.7. The summed E-state index contributed by atoms with van der Waals surface area (Å²) in [6.45, 7) is 0.618. The molecule has 3 heterocycles. The van der Waals surface area contributed by atoms with E-state index in [1.807, 2.05) is 41.1 Å². The van der Waals surface area contributed by atoms with Crippen molar-refractivity contribution in [2.24, 2.45) is 0 Å².